The van der Waals surface area contributed by atoms with E-state index in [1.54, 1.807) is 0 Å². The van der Waals surface area contributed by atoms with E-state index in [0.29, 0.717) is 12.5 Å². The van der Waals surface area contributed by atoms with Crippen LogP contribution in [0.1, 0.15) is 23.1 Å². The van der Waals surface area contributed by atoms with Crippen molar-refractivity contribution in [2.24, 2.45) is 11.3 Å². The highest BCUT2D eigenvalue weighted by atomic mass is 16.5. The van der Waals surface area contributed by atoms with Gasteiger partial charge in [0.05, 0.1) is 13.2 Å². The molecule has 0 bridgehead atoms. The quantitative estimate of drug-likeness (QED) is 0.917. The summed E-state index contributed by atoms with van der Waals surface area (Å²) in [6.45, 7) is 9.34. The van der Waals surface area contributed by atoms with Gasteiger partial charge in [0.15, 0.2) is 0 Å². The lowest BCUT2D eigenvalue weighted by Gasteiger charge is -2.36. The minimum Gasteiger partial charge on any atom is -0.396 e. The smallest absolute Gasteiger partial charge is 0.0513 e. The van der Waals surface area contributed by atoms with Gasteiger partial charge in [-0.25, -0.2) is 0 Å². The molecule has 3 nitrogen and oxygen atoms in total. The lowest BCUT2D eigenvalue weighted by molar-refractivity contribution is -0.0417. The second-order valence-corrected chi connectivity index (χ2v) is 6.58. The first-order valence-electron chi connectivity index (χ1n) is 7.61. The van der Waals surface area contributed by atoms with Gasteiger partial charge in [-0.15, -0.1) is 0 Å². The van der Waals surface area contributed by atoms with Gasteiger partial charge in [0.2, 0.25) is 0 Å². The standard InChI is InChI=1S/C17H25NO2/c1-13-4-3-5-14(2)16(13)9-18-8-15-10-20-7-6-17(15,11-18)12-19/h3-5,15,19H,6-12H2,1-2H3/t15-,17-/m1/s1. The highest BCUT2D eigenvalue weighted by Gasteiger charge is 2.47. The van der Waals surface area contributed by atoms with Crippen molar-refractivity contribution in [2.75, 3.05) is 32.9 Å². The Labute approximate surface area is 121 Å². The Hall–Kier alpha value is -0.900. The number of benzene rings is 1. The van der Waals surface area contributed by atoms with E-state index >= 15 is 0 Å². The molecule has 2 fully saturated rings. The van der Waals surface area contributed by atoms with Crippen LogP contribution < -0.4 is 0 Å². The van der Waals surface area contributed by atoms with Gasteiger partial charge in [0, 0.05) is 37.6 Å². The average Bonchev–Trinajstić information content (AvgIpc) is 2.82. The maximum absolute atomic E-state index is 9.86. The molecule has 2 heterocycles. The van der Waals surface area contributed by atoms with Crippen molar-refractivity contribution in [3.8, 4) is 0 Å². The topological polar surface area (TPSA) is 32.7 Å². The van der Waals surface area contributed by atoms with Crippen LogP contribution in [0.2, 0.25) is 0 Å². The number of aliphatic hydroxyl groups excluding tert-OH is 1. The Morgan fingerprint density at radius 2 is 2.10 bits per heavy atom. The van der Waals surface area contributed by atoms with Crippen molar-refractivity contribution >= 4 is 0 Å². The highest BCUT2D eigenvalue weighted by Crippen LogP contribution is 2.42. The maximum atomic E-state index is 9.86. The van der Waals surface area contributed by atoms with Crippen LogP contribution in [0.5, 0.6) is 0 Å². The molecule has 1 N–H and O–H groups in total. The Kier molecular flexibility index (Phi) is 3.85. The van der Waals surface area contributed by atoms with E-state index in [1.165, 1.54) is 16.7 Å². The van der Waals surface area contributed by atoms with E-state index in [0.717, 1.165) is 39.3 Å². The van der Waals surface area contributed by atoms with Gasteiger partial charge < -0.3 is 9.84 Å². The van der Waals surface area contributed by atoms with Crippen molar-refractivity contribution in [3.05, 3.63) is 34.9 Å². The number of ether oxygens (including phenoxy) is 1. The summed E-state index contributed by atoms with van der Waals surface area (Å²) >= 11 is 0. The molecule has 2 aliphatic rings. The molecule has 1 aromatic rings. The fraction of sp³-hybridized carbons (Fsp3) is 0.647. The Bertz CT molecular complexity index is 468. The van der Waals surface area contributed by atoms with Gasteiger partial charge in [-0.05, 0) is 37.0 Å². The number of rotatable bonds is 3. The van der Waals surface area contributed by atoms with Crippen molar-refractivity contribution in [2.45, 2.75) is 26.8 Å². The summed E-state index contributed by atoms with van der Waals surface area (Å²) in [6, 6.07) is 6.51. The Morgan fingerprint density at radius 3 is 2.75 bits per heavy atom. The largest absolute Gasteiger partial charge is 0.396 e. The van der Waals surface area contributed by atoms with Gasteiger partial charge in [-0.2, -0.15) is 0 Å². The highest BCUT2D eigenvalue weighted by molar-refractivity contribution is 5.33. The van der Waals surface area contributed by atoms with Crippen LogP contribution in [0.25, 0.3) is 0 Å². The molecule has 0 aromatic heterocycles. The molecule has 2 aliphatic heterocycles. The van der Waals surface area contributed by atoms with Gasteiger partial charge in [0.25, 0.3) is 0 Å². The lowest BCUT2D eigenvalue weighted by atomic mass is 9.75. The van der Waals surface area contributed by atoms with Gasteiger partial charge >= 0.3 is 0 Å². The van der Waals surface area contributed by atoms with Crippen molar-refractivity contribution in [3.63, 3.8) is 0 Å². The molecule has 0 spiro atoms. The Morgan fingerprint density at radius 1 is 1.35 bits per heavy atom. The second kappa shape index (κ2) is 5.47. The van der Waals surface area contributed by atoms with Crippen LogP contribution >= 0.6 is 0 Å². The van der Waals surface area contributed by atoms with Crippen LogP contribution in [0.3, 0.4) is 0 Å². The number of aryl methyl sites for hydroxylation is 2. The second-order valence-electron chi connectivity index (χ2n) is 6.58. The van der Waals surface area contributed by atoms with Crippen LogP contribution in [-0.2, 0) is 11.3 Å². The molecule has 0 amide bonds. The summed E-state index contributed by atoms with van der Waals surface area (Å²) in [5, 5.41) is 9.86. The summed E-state index contributed by atoms with van der Waals surface area (Å²) in [6.07, 6.45) is 0.997. The minimum atomic E-state index is 0.0782. The minimum absolute atomic E-state index is 0.0782. The van der Waals surface area contributed by atoms with Crippen LogP contribution in [0.15, 0.2) is 18.2 Å². The molecule has 0 radical (unpaired) electrons. The zero-order valence-electron chi connectivity index (χ0n) is 12.6. The molecule has 2 atom stereocenters. The third-order valence-electron chi connectivity index (χ3n) is 5.29. The maximum Gasteiger partial charge on any atom is 0.0513 e. The summed E-state index contributed by atoms with van der Waals surface area (Å²) in [5.74, 6) is 0.491. The Balaban J connectivity index is 1.77. The fourth-order valence-electron chi connectivity index (χ4n) is 3.86. The number of hydrogen-bond donors (Lipinski definition) is 1. The molecule has 0 unspecified atom stereocenters. The monoisotopic (exact) mass is 275 g/mol. The van der Waals surface area contributed by atoms with E-state index in [1.807, 2.05) is 0 Å². The summed E-state index contributed by atoms with van der Waals surface area (Å²) in [4.78, 5) is 2.50. The van der Waals surface area contributed by atoms with E-state index in [4.69, 9.17) is 4.74 Å². The van der Waals surface area contributed by atoms with E-state index in [-0.39, 0.29) is 5.41 Å². The predicted molar refractivity (Wildman–Crippen MR) is 79.6 cm³/mol. The number of nitrogens with zero attached hydrogens (tertiary/aromatic N) is 1. The average molecular weight is 275 g/mol. The molecule has 1 aromatic carbocycles. The molecule has 2 saturated heterocycles. The van der Waals surface area contributed by atoms with Gasteiger partial charge in [0.1, 0.15) is 0 Å². The molecule has 3 rings (SSSR count). The molecule has 110 valence electrons. The molecule has 20 heavy (non-hydrogen) atoms. The third kappa shape index (κ3) is 2.39. The van der Waals surface area contributed by atoms with Crippen molar-refractivity contribution in [1.82, 2.24) is 4.90 Å². The van der Waals surface area contributed by atoms with Gasteiger partial charge in [-0.1, -0.05) is 18.2 Å². The fourth-order valence-corrected chi connectivity index (χ4v) is 3.86. The number of fused-ring (bicyclic) bond motifs is 1. The first-order valence-corrected chi connectivity index (χ1v) is 7.61. The molecule has 3 heteroatoms. The number of likely N-dealkylation sites (tertiary alicyclic amines) is 1. The molecular formula is C17H25NO2. The third-order valence-corrected chi connectivity index (χ3v) is 5.29. The van der Waals surface area contributed by atoms with Crippen molar-refractivity contribution in [1.29, 1.82) is 0 Å². The normalized spacial score (nSPS) is 30.4. The zero-order chi connectivity index (χ0) is 14.2. The van der Waals surface area contributed by atoms with Gasteiger partial charge in [-0.3, -0.25) is 4.90 Å². The van der Waals surface area contributed by atoms with Crippen LogP contribution in [0.4, 0.5) is 0 Å². The van der Waals surface area contributed by atoms with E-state index < -0.39 is 0 Å². The summed E-state index contributed by atoms with van der Waals surface area (Å²) in [7, 11) is 0. The predicted octanol–water partition coefficient (Wildman–Crippen LogP) is 2.13. The van der Waals surface area contributed by atoms with Crippen molar-refractivity contribution < 1.29 is 9.84 Å². The first-order chi connectivity index (χ1) is 9.64. The number of aliphatic hydroxyl groups is 1. The van der Waals surface area contributed by atoms with E-state index in [2.05, 4.69) is 36.9 Å². The molecule has 0 saturated carbocycles. The van der Waals surface area contributed by atoms with Crippen LogP contribution in [-0.4, -0.2) is 42.9 Å². The summed E-state index contributed by atoms with van der Waals surface area (Å²) < 4.78 is 5.62. The van der Waals surface area contributed by atoms with Crippen LogP contribution in [0, 0.1) is 25.2 Å². The van der Waals surface area contributed by atoms with E-state index in [9.17, 15) is 5.11 Å². The lowest BCUT2D eigenvalue weighted by Crippen LogP contribution is -2.41. The molecule has 0 aliphatic carbocycles. The summed E-state index contributed by atoms with van der Waals surface area (Å²) in [5.41, 5.74) is 4.26. The number of hydrogen-bond acceptors (Lipinski definition) is 3. The SMILES string of the molecule is Cc1cccc(C)c1CN1C[C@@H]2COCC[C@]2(CO)C1. The zero-order valence-corrected chi connectivity index (χ0v) is 12.6. The molecular weight excluding hydrogens is 250 g/mol. The first kappa shape index (κ1) is 14.1.